The lowest BCUT2D eigenvalue weighted by atomic mass is 10.2. The molecule has 1 aromatic carbocycles. The van der Waals surface area contributed by atoms with E-state index in [0.717, 1.165) is 15.7 Å². The van der Waals surface area contributed by atoms with Crippen molar-refractivity contribution in [3.05, 3.63) is 62.0 Å². The Morgan fingerprint density at radius 2 is 1.95 bits per heavy atom. The number of carboxylic acid groups (broad SMARTS) is 1. The summed E-state index contributed by atoms with van der Waals surface area (Å²) in [6.45, 7) is 3.72. The lowest BCUT2D eigenvalue weighted by molar-refractivity contribution is 0.0695. The van der Waals surface area contributed by atoms with Crippen LogP contribution in [0.25, 0.3) is 5.69 Å². The highest BCUT2D eigenvalue weighted by atomic mass is 79.9. The lowest BCUT2D eigenvalue weighted by Crippen LogP contribution is -2.18. The Labute approximate surface area is 118 Å². The van der Waals surface area contributed by atoms with Gasteiger partial charge in [-0.15, -0.1) is 0 Å². The van der Waals surface area contributed by atoms with Crippen molar-refractivity contribution < 1.29 is 9.90 Å². The maximum atomic E-state index is 11.6. The number of rotatable bonds is 2. The van der Waals surface area contributed by atoms with Gasteiger partial charge in [-0.2, -0.15) is 0 Å². The van der Waals surface area contributed by atoms with Crippen LogP contribution < -0.4 is 5.43 Å². The van der Waals surface area contributed by atoms with Gasteiger partial charge in [-0.25, -0.2) is 4.79 Å². The van der Waals surface area contributed by atoms with Crippen molar-refractivity contribution in [2.24, 2.45) is 0 Å². The Morgan fingerprint density at radius 1 is 1.26 bits per heavy atom. The van der Waals surface area contributed by atoms with Crippen LogP contribution in [0.1, 0.15) is 21.6 Å². The van der Waals surface area contributed by atoms with Gasteiger partial charge in [0.2, 0.25) is 0 Å². The Bertz CT molecular complexity index is 719. The molecule has 2 rings (SSSR count). The highest BCUT2D eigenvalue weighted by Crippen LogP contribution is 2.23. The molecular formula is C14H12BrNO3. The Kier molecular flexibility index (Phi) is 3.57. The van der Waals surface area contributed by atoms with Crippen LogP contribution in [-0.2, 0) is 0 Å². The Morgan fingerprint density at radius 3 is 2.58 bits per heavy atom. The highest BCUT2D eigenvalue weighted by molar-refractivity contribution is 9.10. The molecule has 0 saturated heterocycles. The molecule has 0 amide bonds. The van der Waals surface area contributed by atoms with Crippen LogP contribution in [0.4, 0.5) is 0 Å². The maximum Gasteiger partial charge on any atom is 0.341 e. The summed E-state index contributed by atoms with van der Waals surface area (Å²) in [6.07, 6.45) is 1.36. The van der Waals surface area contributed by atoms with Crippen LogP contribution in [-0.4, -0.2) is 15.6 Å². The minimum absolute atomic E-state index is 0.237. The summed E-state index contributed by atoms with van der Waals surface area (Å²) in [4.78, 5) is 22.7. The molecule has 0 aliphatic rings. The van der Waals surface area contributed by atoms with Crippen molar-refractivity contribution in [1.82, 2.24) is 4.57 Å². The summed E-state index contributed by atoms with van der Waals surface area (Å²) in [5.41, 5.74) is 1.82. The third-order valence-electron chi connectivity index (χ3n) is 2.84. The third kappa shape index (κ3) is 2.61. The van der Waals surface area contributed by atoms with Crippen LogP contribution in [0.3, 0.4) is 0 Å². The quantitative estimate of drug-likeness (QED) is 0.925. The summed E-state index contributed by atoms with van der Waals surface area (Å²) in [5.74, 6) is -1.22. The number of halogens is 1. The molecule has 0 aliphatic carbocycles. The van der Waals surface area contributed by atoms with Crippen molar-refractivity contribution in [2.75, 3.05) is 0 Å². The number of pyridine rings is 1. The Hall–Kier alpha value is -1.88. The largest absolute Gasteiger partial charge is 0.477 e. The molecule has 0 atom stereocenters. The van der Waals surface area contributed by atoms with Crippen molar-refractivity contribution in [3.8, 4) is 5.69 Å². The number of benzene rings is 1. The van der Waals surface area contributed by atoms with Crippen molar-refractivity contribution in [1.29, 1.82) is 0 Å². The van der Waals surface area contributed by atoms with Gasteiger partial charge in [0.25, 0.3) is 0 Å². The Balaban J connectivity index is 2.75. The summed E-state index contributed by atoms with van der Waals surface area (Å²) in [7, 11) is 0. The van der Waals surface area contributed by atoms with Gasteiger partial charge in [-0.05, 0) is 47.5 Å². The number of hydrogen-bond acceptors (Lipinski definition) is 2. The summed E-state index contributed by atoms with van der Waals surface area (Å²) in [5, 5.41) is 9.03. The van der Waals surface area contributed by atoms with Gasteiger partial charge in [-0.1, -0.05) is 6.07 Å². The van der Waals surface area contributed by atoms with Crippen LogP contribution in [0.2, 0.25) is 0 Å². The molecular weight excluding hydrogens is 310 g/mol. The maximum absolute atomic E-state index is 11.6. The molecule has 0 aliphatic heterocycles. The second-order valence-electron chi connectivity index (χ2n) is 4.32. The lowest BCUT2D eigenvalue weighted by Gasteiger charge is -2.14. The number of aryl methyl sites for hydroxylation is 2. The van der Waals surface area contributed by atoms with Crippen LogP contribution >= 0.6 is 15.9 Å². The molecule has 0 fully saturated rings. The van der Waals surface area contributed by atoms with E-state index < -0.39 is 11.4 Å². The van der Waals surface area contributed by atoms with Crippen molar-refractivity contribution in [2.45, 2.75) is 13.8 Å². The topological polar surface area (TPSA) is 59.3 Å². The van der Waals surface area contributed by atoms with E-state index in [4.69, 9.17) is 5.11 Å². The van der Waals surface area contributed by atoms with Crippen LogP contribution in [0.5, 0.6) is 0 Å². The van der Waals surface area contributed by atoms with Gasteiger partial charge in [0.05, 0.1) is 5.69 Å². The molecule has 2 aromatic rings. The molecule has 0 spiro atoms. The van der Waals surface area contributed by atoms with Gasteiger partial charge >= 0.3 is 5.97 Å². The highest BCUT2D eigenvalue weighted by Gasteiger charge is 2.13. The second kappa shape index (κ2) is 5.01. The number of nitrogens with zero attached hydrogens (tertiary/aromatic N) is 1. The average molecular weight is 322 g/mol. The van der Waals surface area contributed by atoms with Crippen molar-refractivity contribution >= 4 is 21.9 Å². The van der Waals surface area contributed by atoms with E-state index in [9.17, 15) is 9.59 Å². The SMILES string of the molecule is Cc1ccc(Br)c(-n2cc(C(=O)O)c(=O)cc2C)c1. The minimum atomic E-state index is -1.22. The molecule has 98 valence electrons. The fourth-order valence-electron chi connectivity index (χ4n) is 1.86. The first-order chi connectivity index (χ1) is 8.90. The predicted octanol–water partition coefficient (Wildman–Crippen LogP) is 2.92. The van der Waals surface area contributed by atoms with E-state index in [1.54, 1.807) is 11.5 Å². The monoisotopic (exact) mass is 321 g/mol. The minimum Gasteiger partial charge on any atom is -0.477 e. The first-order valence-electron chi connectivity index (χ1n) is 5.63. The zero-order valence-electron chi connectivity index (χ0n) is 10.5. The molecule has 0 bridgehead atoms. The molecule has 4 nitrogen and oxygen atoms in total. The molecule has 1 aromatic heterocycles. The zero-order valence-corrected chi connectivity index (χ0v) is 12.1. The molecule has 1 heterocycles. The van der Waals surface area contributed by atoms with E-state index in [0.29, 0.717) is 5.69 Å². The van der Waals surface area contributed by atoms with E-state index in [2.05, 4.69) is 15.9 Å². The van der Waals surface area contributed by atoms with E-state index >= 15 is 0 Å². The first kappa shape index (κ1) is 13.5. The smallest absolute Gasteiger partial charge is 0.341 e. The van der Waals surface area contributed by atoms with Gasteiger partial charge in [-0.3, -0.25) is 4.79 Å². The second-order valence-corrected chi connectivity index (χ2v) is 5.18. The van der Waals surface area contributed by atoms with Gasteiger partial charge in [0.1, 0.15) is 5.56 Å². The summed E-state index contributed by atoms with van der Waals surface area (Å²) < 4.78 is 2.53. The summed E-state index contributed by atoms with van der Waals surface area (Å²) in [6, 6.07) is 7.09. The first-order valence-corrected chi connectivity index (χ1v) is 6.42. The number of aromatic nitrogens is 1. The van der Waals surface area contributed by atoms with Crippen LogP contribution in [0.15, 0.2) is 39.7 Å². The van der Waals surface area contributed by atoms with E-state index in [1.807, 2.05) is 25.1 Å². The third-order valence-corrected chi connectivity index (χ3v) is 3.51. The van der Waals surface area contributed by atoms with Crippen molar-refractivity contribution in [3.63, 3.8) is 0 Å². The molecule has 19 heavy (non-hydrogen) atoms. The summed E-state index contributed by atoms with van der Waals surface area (Å²) >= 11 is 3.44. The zero-order chi connectivity index (χ0) is 14.2. The average Bonchev–Trinajstić information content (AvgIpc) is 2.32. The molecule has 0 unspecified atom stereocenters. The predicted molar refractivity (Wildman–Crippen MR) is 76.2 cm³/mol. The van der Waals surface area contributed by atoms with E-state index in [-0.39, 0.29) is 5.56 Å². The number of aromatic carboxylic acids is 1. The number of hydrogen-bond donors (Lipinski definition) is 1. The molecule has 0 radical (unpaired) electrons. The number of carbonyl (C=O) groups is 1. The van der Waals surface area contributed by atoms with Gasteiger partial charge in [0, 0.05) is 22.4 Å². The van der Waals surface area contributed by atoms with Gasteiger partial charge in [0.15, 0.2) is 5.43 Å². The fourth-order valence-corrected chi connectivity index (χ4v) is 2.30. The van der Waals surface area contributed by atoms with Crippen LogP contribution in [0, 0.1) is 13.8 Å². The molecule has 1 N–H and O–H groups in total. The fraction of sp³-hybridized carbons (Fsp3) is 0.143. The van der Waals surface area contributed by atoms with E-state index in [1.165, 1.54) is 12.3 Å². The normalized spacial score (nSPS) is 10.5. The molecule has 0 saturated carbocycles. The molecule has 5 heteroatoms. The number of carboxylic acids is 1. The standard InChI is InChI=1S/C14H12BrNO3/c1-8-3-4-11(15)12(5-8)16-7-10(14(18)19)13(17)6-9(16)2/h3-7H,1-2H3,(H,18,19). The van der Waals surface area contributed by atoms with Gasteiger partial charge < -0.3 is 9.67 Å².